The van der Waals surface area contributed by atoms with Crippen molar-refractivity contribution in [1.82, 2.24) is 5.32 Å². The molecule has 1 saturated carbocycles. The molecule has 1 aliphatic rings. The molecule has 0 heterocycles. The molecule has 1 nitrogen and oxygen atoms in total. The molecular formula is C14H20BrN. The number of benzene rings is 1. The van der Waals surface area contributed by atoms with Gasteiger partial charge < -0.3 is 5.32 Å². The van der Waals surface area contributed by atoms with E-state index >= 15 is 0 Å². The van der Waals surface area contributed by atoms with Crippen LogP contribution in [0.3, 0.4) is 0 Å². The van der Waals surface area contributed by atoms with Crippen LogP contribution < -0.4 is 5.32 Å². The molecular weight excluding hydrogens is 262 g/mol. The molecule has 0 saturated heterocycles. The van der Waals surface area contributed by atoms with Crippen molar-refractivity contribution < 1.29 is 0 Å². The van der Waals surface area contributed by atoms with E-state index in [9.17, 15) is 0 Å². The molecule has 0 radical (unpaired) electrons. The van der Waals surface area contributed by atoms with Crippen molar-refractivity contribution in [2.45, 2.75) is 51.6 Å². The summed E-state index contributed by atoms with van der Waals surface area (Å²) in [6.07, 6.45) is 5.33. The maximum atomic E-state index is 3.73. The minimum atomic E-state index is 0.445. The van der Waals surface area contributed by atoms with Gasteiger partial charge in [-0.2, -0.15) is 0 Å². The Morgan fingerprint density at radius 1 is 1.38 bits per heavy atom. The molecule has 0 unspecified atom stereocenters. The Morgan fingerprint density at radius 3 is 2.62 bits per heavy atom. The number of halogens is 1. The molecule has 0 bridgehead atoms. The molecule has 2 rings (SSSR count). The lowest BCUT2D eigenvalue weighted by atomic mass is 9.75. The Balaban J connectivity index is 1.96. The first-order valence-corrected chi connectivity index (χ1v) is 6.94. The van der Waals surface area contributed by atoms with Gasteiger partial charge in [0.25, 0.3) is 0 Å². The van der Waals surface area contributed by atoms with Gasteiger partial charge in [-0.25, -0.2) is 0 Å². The van der Waals surface area contributed by atoms with Gasteiger partial charge in [-0.15, -0.1) is 0 Å². The molecule has 1 aliphatic carbocycles. The number of aryl methyl sites for hydroxylation is 1. The minimum Gasteiger partial charge on any atom is -0.307 e. The molecule has 0 atom stereocenters. The standard InChI is InChI=1S/C14H20BrN/c1-3-14(7-4-8-14)16-10-12-5-6-13(15)11(2)9-12/h5-6,9,16H,3-4,7-8,10H2,1-2H3. The van der Waals surface area contributed by atoms with Gasteiger partial charge in [0.1, 0.15) is 0 Å². The molecule has 1 N–H and O–H groups in total. The monoisotopic (exact) mass is 281 g/mol. The summed E-state index contributed by atoms with van der Waals surface area (Å²) in [6, 6.07) is 6.61. The Bertz CT molecular complexity index is 363. The quantitative estimate of drug-likeness (QED) is 0.873. The van der Waals surface area contributed by atoms with Crippen molar-refractivity contribution in [3.05, 3.63) is 33.8 Å². The topological polar surface area (TPSA) is 12.0 Å². The highest BCUT2D eigenvalue weighted by molar-refractivity contribution is 9.10. The number of hydrogen-bond acceptors (Lipinski definition) is 1. The number of rotatable bonds is 4. The molecule has 1 aromatic rings. The van der Waals surface area contributed by atoms with E-state index in [-0.39, 0.29) is 0 Å². The Labute approximate surface area is 107 Å². The summed E-state index contributed by atoms with van der Waals surface area (Å²) in [5.41, 5.74) is 3.15. The van der Waals surface area contributed by atoms with Gasteiger partial charge in [-0.05, 0) is 49.8 Å². The molecule has 0 aromatic heterocycles. The molecule has 0 aliphatic heterocycles. The Hall–Kier alpha value is -0.340. The van der Waals surface area contributed by atoms with E-state index < -0.39 is 0 Å². The van der Waals surface area contributed by atoms with E-state index in [1.165, 1.54) is 41.3 Å². The first kappa shape index (κ1) is 12.1. The highest BCUT2D eigenvalue weighted by Crippen LogP contribution is 2.34. The fourth-order valence-electron chi connectivity index (χ4n) is 2.37. The van der Waals surface area contributed by atoms with Crippen LogP contribution in [0.1, 0.15) is 43.7 Å². The summed E-state index contributed by atoms with van der Waals surface area (Å²) < 4.78 is 1.20. The van der Waals surface area contributed by atoms with Crippen LogP contribution in [0.15, 0.2) is 22.7 Å². The maximum Gasteiger partial charge on any atom is 0.0210 e. The molecule has 0 spiro atoms. The van der Waals surface area contributed by atoms with E-state index in [0.717, 1.165) is 6.54 Å². The molecule has 88 valence electrons. The van der Waals surface area contributed by atoms with E-state index in [2.05, 4.69) is 53.3 Å². The lowest BCUT2D eigenvalue weighted by molar-refractivity contribution is 0.175. The largest absolute Gasteiger partial charge is 0.307 e. The van der Waals surface area contributed by atoms with E-state index in [1.807, 2.05) is 0 Å². The molecule has 1 fully saturated rings. The van der Waals surface area contributed by atoms with Crippen LogP contribution in [-0.4, -0.2) is 5.54 Å². The first-order valence-electron chi connectivity index (χ1n) is 6.15. The molecule has 0 amide bonds. The zero-order chi connectivity index (χ0) is 11.6. The predicted octanol–water partition coefficient (Wildman–Crippen LogP) is 4.18. The summed E-state index contributed by atoms with van der Waals surface area (Å²) >= 11 is 3.54. The van der Waals surface area contributed by atoms with Gasteiger partial charge in [0.2, 0.25) is 0 Å². The van der Waals surface area contributed by atoms with E-state index in [4.69, 9.17) is 0 Å². The van der Waals surface area contributed by atoms with Gasteiger partial charge >= 0.3 is 0 Å². The molecule has 2 heteroatoms. The van der Waals surface area contributed by atoms with Gasteiger partial charge in [0.05, 0.1) is 0 Å². The van der Waals surface area contributed by atoms with Crippen LogP contribution in [0.2, 0.25) is 0 Å². The average Bonchev–Trinajstić information content (AvgIpc) is 2.22. The normalized spacial score (nSPS) is 18.2. The highest BCUT2D eigenvalue weighted by atomic mass is 79.9. The van der Waals surface area contributed by atoms with Crippen LogP contribution in [-0.2, 0) is 6.54 Å². The SMILES string of the molecule is CCC1(NCc2ccc(Br)c(C)c2)CCC1. The third-order valence-electron chi connectivity index (χ3n) is 3.88. The third-order valence-corrected chi connectivity index (χ3v) is 4.77. The average molecular weight is 282 g/mol. The molecule has 1 aromatic carbocycles. The summed E-state index contributed by atoms with van der Waals surface area (Å²) in [5.74, 6) is 0. The first-order chi connectivity index (χ1) is 7.65. The van der Waals surface area contributed by atoms with Crippen LogP contribution in [0.25, 0.3) is 0 Å². The summed E-state index contributed by atoms with van der Waals surface area (Å²) in [4.78, 5) is 0. The minimum absolute atomic E-state index is 0.445. The maximum absolute atomic E-state index is 3.73. The van der Waals surface area contributed by atoms with Crippen LogP contribution in [0.4, 0.5) is 0 Å². The van der Waals surface area contributed by atoms with Crippen molar-refractivity contribution in [3.63, 3.8) is 0 Å². The third kappa shape index (κ3) is 2.49. The smallest absolute Gasteiger partial charge is 0.0210 e. The summed E-state index contributed by atoms with van der Waals surface area (Å²) in [6.45, 7) is 5.44. The van der Waals surface area contributed by atoms with Crippen molar-refractivity contribution in [3.8, 4) is 0 Å². The summed E-state index contributed by atoms with van der Waals surface area (Å²) in [5, 5.41) is 3.73. The van der Waals surface area contributed by atoms with Crippen LogP contribution in [0.5, 0.6) is 0 Å². The highest BCUT2D eigenvalue weighted by Gasteiger charge is 2.34. The van der Waals surface area contributed by atoms with Gasteiger partial charge in [0.15, 0.2) is 0 Å². The van der Waals surface area contributed by atoms with Crippen molar-refractivity contribution >= 4 is 15.9 Å². The second-order valence-corrected chi connectivity index (χ2v) is 5.78. The van der Waals surface area contributed by atoms with E-state index in [1.54, 1.807) is 0 Å². The lowest BCUT2D eigenvalue weighted by Crippen LogP contribution is -2.49. The van der Waals surface area contributed by atoms with Crippen molar-refractivity contribution in [1.29, 1.82) is 0 Å². The van der Waals surface area contributed by atoms with Gasteiger partial charge in [0, 0.05) is 16.6 Å². The van der Waals surface area contributed by atoms with E-state index in [0.29, 0.717) is 5.54 Å². The Kier molecular flexibility index (Phi) is 3.70. The lowest BCUT2D eigenvalue weighted by Gasteiger charge is -2.42. The fourth-order valence-corrected chi connectivity index (χ4v) is 2.61. The Morgan fingerprint density at radius 2 is 2.12 bits per heavy atom. The van der Waals surface area contributed by atoms with Gasteiger partial charge in [-0.1, -0.05) is 35.0 Å². The number of hydrogen-bond donors (Lipinski definition) is 1. The van der Waals surface area contributed by atoms with Crippen molar-refractivity contribution in [2.24, 2.45) is 0 Å². The van der Waals surface area contributed by atoms with Gasteiger partial charge in [-0.3, -0.25) is 0 Å². The predicted molar refractivity (Wildman–Crippen MR) is 72.6 cm³/mol. The zero-order valence-electron chi connectivity index (χ0n) is 10.1. The number of nitrogens with one attached hydrogen (secondary N) is 1. The van der Waals surface area contributed by atoms with Crippen LogP contribution >= 0.6 is 15.9 Å². The van der Waals surface area contributed by atoms with Crippen LogP contribution in [0, 0.1) is 6.92 Å². The molecule has 16 heavy (non-hydrogen) atoms. The fraction of sp³-hybridized carbons (Fsp3) is 0.571. The summed E-state index contributed by atoms with van der Waals surface area (Å²) in [7, 11) is 0. The van der Waals surface area contributed by atoms with Crippen molar-refractivity contribution in [2.75, 3.05) is 0 Å². The zero-order valence-corrected chi connectivity index (χ0v) is 11.7. The second-order valence-electron chi connectivity index (χ2n) is 4.92. The second kappa shape index (κ2) is 4.89.